The van der Waals surface area contributed by atoms with Crippen LogP contribution in [0.4, 0.5) is 34.9 Å². The van der Waals surface area contributed by atoms with Crippen molar-refractivity contribution in [2.45, 2.75) is 27.7 Å². The van der Waals surface area contributed by atoms with Crippen molar-refractivity contribution in [3.63, 3.8) is 0 Å². The molecule has 0 amide bonds. The quantitative estimate of drug-likeness (QED) is 0.309. The Kier molecular flexibility index (Phi) is 6.40. The van der Waals surface area contributed by atoms with Crippen LogP contribution in [0.15, 0.2) is 60.7 Å². The monoisotopic (exact) mass is 440 g/mol. The zero-order valence-electron chi connectivity index (χ0n) is 19.5. The van der Waals surface area contributed by atoms with Crippen LogP contribution in [-0.4, -0.2) is 22.1 Å². The van der Waals surface area contributed by atoms with Crippen LogP contribution >= 0.6 is 0 Å². The molecule has 3 N–H and O–H groups in total. The number of ether oxygens (including phenoxy) is 1. The van der Waals surface area contributed by atoms with Crippen molar-refractivity contribution in [1.29, 1.82) is 0 Å². The smallest absolute Gasteiger partial charge is 0.233 e. The van der Waals surface area contributed by atoms with Crippen LogP contribution in [-0.2, 0) is 0 Å². The number of hydrogen-bond donors (Lipinski definition) is 3. The largest absolute Gasteiger partial charge is 0.497 e. The third-order valence-electron chi connectivity index (χ3n) is 4.94. The minimum Gasteiger partial charge on any atom is -0.497 e. The van der Waals surface area contributed by atoms with Crippen molar-refractivity contribution < 1.29 is 4.74 Å². The Balaban J connectivity index is 1.67. The third kappa shape index (κ3) is 5.98. The van der Waals surface area contributed by atoms with E-state index in [0.717, 1.165) is 45.1 Å². The molecule has 7 nitrogen and oxygen atoms in total. The van der Waals surface area contributed by atoms with E-state index in [4.69, 9.17) is 4.74 Å². The summed E-state index contributed by atoms with van der Waals surface area (Å²) < 4.78 is 5.24. The van der Waals surface area contributed by atoms with Crippen molar-refractivity contribution in [3.8, 4) is 5.75 Å². The summed E-state index contributed by atoms with van der Waals surface area (Å²) >= 11 is 0. The first kappa shape index (κ1) is 22.1. The molecule has 0 bridgehead atoms. The molecule has 0 saturated heterocycles. The van der Waals surface area contributed by atoms with E-state index in [1.807, 2.05) is 24.3 Å². The Morgan fingerprint density at radius 3 is 1.24 bits per heavy atom. The van der Waals surface area contributed by atoms with Gasteiger partial charge in [0.05, 0.1) is 7.11 Å². The molecule has 0 unspecified atom stereocenters. The number of hydrogen-bond acceptors (Lipinski definition) is 7. The van der Waals surface area contributed by atoms with Gasteiger partial charge in [-0.1, -0.05) is 12.1 Å². The van der Waals surface area contributed by atoms with E-state index in [1.54, 1.807) is 7.11 Å². The normalized spacial score (nSPS) is 10.6. The van der Waals surface area contributed by atoms with E-state index in [1.165, 1.54) is 0 Å². The number of nitrogens with one attached hydrogen (secondary N) is 3. The summed E-state index contributed by atoms with van der Waals surface area (Å²) in [5.41, 5.74) is 7.34. The molecule has 7 heteroatoms. The van der Waals surface area contributed by atoms with Crippen LogP contribution in [0.5, 0.6) is 5.75 Å². The second-order valence-corrected chi connectivity index (χ2v) is 8.16. The summed E-state index contributed by atoms with van der Waals surface area (Å²) in [5, 5.41) is 9.89. The van der Waals surface area contributed by atoms with E-state index in [9.17, 15) is 0 Å². The van der Waals surface area contributed by atoms with Crippen molar-refractivity contribution in [2.24, 2.45) is 0 Å². The summed E-state index contributed by atoms with van der Waals surface area (Å²) in [6.07, 6.45) is 0. The highest BCUT2D eigenvalue weighted by Crippen LogP contribution is 2.24. The average molecular weight is 441 g/mol. The van der Waals surface area contributed by atoms with Crippen molar-refractivity contribution in [2.75, 3.05) is 23.1 Å². The lowest BCUT2D eigenvalue weighted by molar-refractivity contribution is 0.415. The molecular formula is C26H28N6O. The van der Waals surface area contributed by atoms with Crippen LogP contribution in [0.25, 0.3) is 0 Å². The number of aryl methyl sites for hydroxylation is 4. The minimum atomic E-state index is 0.425. The van der Waals surface area contributed by atoms with Gasteiger partial charge in [0, 0.05) is 17.1 Å². The van der Waals surface area contributed by atoms with Gasteiger partial charge in [0.15, 0.2) is 0 Å². The lowest BCUT2D eigenvalue weighted by atomic mass is 10.1. The third-order valence-corrected chi connectivity index (χ3v) is 4.94. The van der Waals surface area contributed by atoms with Crippen LogP contribution in [0.1, 0.15) is 22.3 Å². The molecule has 0 spiro atoms. The molecule has 168 valence electrons. The molecule has 0 radical (unpaired) electrons. The fourth-order valence-electron chi connectivity index (χ4n) is 3.70. The maximum absolute atomic E-state index is 5.24. The minimum absolute atomic E-state index is 0.425. The summed E-state index contributed by atoms with van der Waals surface area (Å²) in [4.78, 5) is 13.8. The number of aromatic nitrogens is 3. The molecule has 3 aromatic carbocycles. The molecule has 4 aromatic rings. The number of anilines is 6. The Labute approximate surface area is 194 Å². The predicted octanol–water partition coefficient (Wildman–Crippen LogP) is 6.34. The maximum Gasteiger partial charge on any atom is 0.233 e. The van der Waals surface area contributed by atoms with Gasteiger partial charge in [0.25, 0.3) is 0 Å². The van der Waals surface area contributed by atoms with E-state index >= 15 is 0 Å². The fraction of sp³-hybridized carbons (Fsp3) is 0.192. The molecule has 0 atom stereocenters. The van der Waals surface area contributed by atoms with Crippen LogP contribution < -0.4 is 20.7 Å². The Hall–Kier alpha value is -4.13. The van der Waals surface area contributed by atoms with Gasteiger partial charge < -0.3 is 20.7 Å². The topological polar surface area (TPSA) is 84.0 Å². The van der Waals surface area contributed by atoms with Gasteiger partial charge >= 0.3 is 0 Å². The lowest BCUT2D eigenvalue weighted by Gasteiger charge is -2.13. The second kappa shape index (κ2) is 9.56. The Morgan fingerprint density at radius 2 is 0.879 bits per heavy atom. The van der Waals surface area contributed by atoms with Gasteiger partial charge in [0.2, 0.25) is 17.8 Å². The van der Waals surface area contributed by atoms with Crippen LogP contribution in [0.2, 0.25) is 0 Å². The van der Waals surface area contributed by atoms with Gasteiger partial charge in [-0.2, -0.15) is 15.0 Å². The van der Waals surface area contributed by atoms with Crippen molar-refractivity contribution >= 4 is 34.9 Å². The van der Waals surface area contributed by atoms with E-state index < -0.39 is 0 Å². The SMILES string of the molecule is COc1ccc(Nc2nc(Nc3cc(C)cc(C)c3)nc(Nc3cc(C)cc(C)c3)n2)cc1. The molecule has 0 saturated carbocycles. The summed E-state index contributed by atoms with van der Waals surface area (Å²) in [5.74, 6) is 2.09. The first-order valence-corrected chi connectivity index (χ1v) is 10.7. The molecule has 0 aliphatic heterocycles. The van der Waals surface area contributed by atoms with Crippen molar-refractivity contribution in [3.05, 3.63) is 82.9 Å². The molecule has 0 aliphatic carbocycles. The van der Waals surface area contributed by atoms with Crippen LogP contribution in [0, 0.1) is 27.7 Å². The van der Waals surface area contributed by atoms with Gasteiger partial charge in [0.1, 0.15) is 5.75 Å². The standard InChI is InChI=1S/C26H28N6O/c1-16-10-17(2)13-21(12-16)28-25-30-24(27-20-6-8-23(33-5)9-7-20)31-26(32-25)29-22-14-18(3)11-19(4)15-22/h6-15H,1-5H3,(H3,27,28,29,30,31,32). The Morgan fingerprint density at radius 1 is 0.515 bits per heavy atom. The first-order chi connectivity index (χ1) is 15.9. The second-order valence-electron chi connectivity index (χ2n) is 8.16. The Bertz CT molecular complexity index is 1160. The highest BCUT2D eigenvalue weighted by atomic mass is 16.5. The highest BCUT2D eigenvalue weighted by molar-refractivity contribution is 5.63. The summed E-state index contributed by atoms with van der Waals surface area (Å²) in [6.45, 7) is 8.26. The van der Waals surface area contributed by atoms with E-state index in [2.05, 4.69) is 95.0 Å². The molecular weight excluding hydrogens is 412 g/mol. The number of benzene rings is 3. The fourth-order valence-corrected chi connectivity index (χ4v) is 3.70. The number of nitrogens with zero attached hydrogens (tertiary/aromatic N) is 3. The maximum atomic E-state index is 5.24. The van der Waals surface area contributed by atoms with Gasteiger partial charge in [-0.15, -0.1) is 0 Å². The average Bonchev–Trinajstić information content (AvgIpc) is 2.72. The molecule has 1 heterocycles. The lowest BCUT2D eigenvalue weighted by Crippen LogP contribution is -2.07. The zero-order chi connectivity index (χ0) is 23.4. The number of methoxy groups -OCH3 is 1. The van der Waals surface area contributed by atoms with Crippen molar-refractivity contribution in [1.82, 2.24) is 15.0 Å². The van der Waals surface area contributed by atoms with Crippen LogP contribution in [0.3, 0.4) is 0 Å². The summed E-state index contributed by atoms with van der Waals surface area (Å²) in [7, 11) is 1.64. The molecule has 33 heavy (non-hydrogen) atoms. The highest BCUT2D eigenvalue weighted by Gasteiger charge is 2.10. The zero-order valence-corrected chi connectivity index (χ0v) is 19.5. The van der Waals surface area contributed by atoms with E-state index in [0.29, 0.717) is 17.8 Å². The molecule has 0 fully saturated rings. The van der Waals surface area contributed by atoms with Gasteiger partial charge in [-0.05, 0) is 98.5 Å². The van der Waals surface area contributed by atoms with Gasteiger partial charge in [-0.3, -0.25) is 0 Å². The van der Waals surface area contributed by atoms with E-state index in [-0.39, 0.29) is 0 Å². The van der Waals surface area contributed by atoms with Gasteiger partial charge in [-0.25, -0.2) is 0 Å². The molecule has 0 aliphatic rings. The molecule has 1 aromatic heterocycles. The predicted molar refractivity (Wildman–Crippen MR) is 135 cm³/mol. The summed E-state index contributed by atoms with van der Waals surface area (Å²) in [6, 6.07) is 20.1. The number of rotatable bonds is 7. The molecule has 4 rings (SSSR count). The first-order valence-electron chi connectivity index (χ1n) is 10.7.